The first kappa shape index (κ1) is 15.3. The predicted octanol–water partition coefficient (Wildman–Crippen LogP) is 0.422. The molecule has 0 bridgehead atoms. The highest BCUT2D eigenvalue weighted by Gasteiger charge is 2.26. The average molecular weight is 283 g/mol. The maximum atomic E-state index is 11.9. The van der Waals surface area contributed by atoms with Crippen LogP contribution >= 0.6 is 0 Å². The number of likely N-dealkylation sites (tertiary alicyclic amines) is 1. The van der Waals surface area contributed by atoms with Crippen molar-refractivity contribution in [3.63, 3.8) is 0 Å². The summed E-state index contributed by atoms with van der Waals surface area (Å²) in [6.07, 6.45) is 6.40. The van der Waals surface area contributed by atoms with E-state index in [9.17, 15) is 9.59 Å². The van der Waals surface area contributed by atoms with Crippen LogP contribution < -0.4 is 11.3 Å². The molecule has 1 aliphatic heterocycles. The van der Waals surface area contributed by atoms with Gasteiger partial charge in [0.15, 0.2) is 0 Å². The van der Waals surface area contributed by atoms with Gasteiger partial charge in [-0.05, 0) is 25.2 Å². The standard InChI is InChI=1S/C14H25N3O3/c15-16-14(19)12-4-7-17(8-5-12)13(18)10-20-9-6-11-2-1-3-11/h11-12H,1-10,15H2,(H,16,19). The molecule has 0 aromatic heterocycles. The summed E-state index contributed by atoms with van der Waals surface area (Å²) in [5.41, 5.74) is 2.18. The lowest BCUT2D eigenvalue weighted by molar-refractivity contribution is -0.139. The van der Waals surface area contributed by atoms with E-state index in [1.54, 1.807) is 4.90 Å². The summed E-state index contributed by atoms with van der Waals surface area (Å²) < 4.78 is 5.46. The first-order chi connectivity index (χ1) is 9.70. The van der Waals surface area contributed by atoms with E-state index in [1.165, 1.54) is 19.3 Å². The molecule has 1 saturated carbocycles. The summed E-state index contributed by atoms with van der Waals surface area (Å²) >= 11 is 0. The Bertz CT molecular complexity index is 337. The minimum Gasteiger partial charge on any atom is -0.372 e. The zero-order chi connectivity index (χ0) is 14.4. The molecule has 1 saturated heterocycles. The van der Waals surface area contributed by atoms with E-state index in [1.807, 2.05) is 0 Å². The van der Waals surface area contributed by atoms with Crippen LogP contribution in [0.5, 0.6) is 0 Å². The summed E-state index contributed by atoms with van der Waals surface area (Å²) in [7, 11) is 0. The van der Waals surface area contributed by atoms with Gasteiger partial charge in [0.05, 0.1) is 0 Å². The first-order valence-corrected chi connectivity index (χ1v) is 7.56. The van der Waals surface area contributed by atoms with Crippen molar-refractivity contribution in [2.24, 2.45) is 17.7 Å². The molecule has 1 aliphatic carbocycles. The Kier molecular flexibility index (Phi) is 5.79. The van der Waals surface area contributed by atoms with E-state index < -0.39 is 0 Å². The number of nitrogens with one attached hydrogen (secondary N) is 1. The first-order valence-electron chi connectivity index (χ1n) is 7.56. The zero-order valence-corrected chi connectivity index (χ0v) is 12.0. The van der Waals surface area contributed by atoms with Gasteiger partial charge in [0.2, 0.25) is 11.8 Å². The Morgan fingerprint density at radius 2 is 1.90 bits per heavy atom. The number of nitrogens with zero attached hydrogens (tertiary/aromatic N) is 1. The van der Waals surface area contributed by atoms with Crippen LogP contribution in [0.3, 0.4) is 0 Å². The summed E-state index contributed by atoms with van der Waals surface area (Å²) in [5, 5.41) is 0. The SMILES string of the molecule is NNC(=O)C1CCN(C(=O)COCCC2CCC2)CC1. The second-order valence-corrected chi connectivity index (χ2v) is 5.80. The van der Waals surface area contributed by atoms with Gasteiger partial charge in [0.25, 0.3) is 0 Å². The van der Waals surface area contributed by atoms with Crippen LogP contribution in [0, 0.1) is 11.8 Å². The number of carbonyl (C=O) groups excluding carboxylic acids is 2. The minimum absolute atomic E-state index is 0.0326. The van der Waals surface area contributed by atoms with E-state index in [0.29, 0.717) is 32.5 Å². The number of nitrogens with two attached hydrogens (primary N) is 1. The maximum Gasteiger partial charge on any atom is 0.248 e. The molecule has 6 heteroatoms. The molecule has 2 fully saturated rings. The number of piperidine rings is 1. The highest BCUT2D eigenvalue weighted by molar-refractivity contribution is 5.80. The molecule has 0 aromatic carbocycles. The predicted molar refractivity (Wildman–Crippen MR) is 74.4 cm³/mol. The third-order valence-corrected chi connectivity index (χ3v) is 4.48. The molecule has 2 amide bonds. The van der Waals surface area contributed by atoms with E-state index in [4.69, 9.17) is 10.6 Å². The van der Waals surface area contributed by atoms with Crippen LogP contribution in [0.4, 0.5) is 0 Å². The number of rotatable bonds is 6. The lowest BCUT2D eigenvalue weighted by Crippen LogP contribution is -2.45. The summed E-state index contributed by atoms with van der Waals surface area (Å²) in [5.74, 6) is 5.77. The van der Waals surface area contributed by atoms with Crippen LogP contribution in [0.25, 0.3) is 0 Å². The van der Waals surface area contributed by atoms with Crippen molar-refractivity contribution in [2.45, 2.75) is 38.5 Å². The molecule has 1 heterocycles. The number of hydrazine groups is 1. The molecule has 20 heavy (non-hydrogen) atoms. The Labute approximate surface area is 120 Å². The van der Waals surface area contributed by atoms with E-state index >= 15 is 0 Å². The maximum absolute atomic E-state index is 11.9. The van der Waals surface area contributed by atoms with Crippen LogP contribution in [-0.4, -0.2) is 43.0 Å². The number of hydrogen-bond acceptors (Lipinski definition) is 4. The Balaban J connectivity index is 1.57. The molecule has 0 spiro atoms. The quantitative estimate of drug-likeness (QED) is 0.320. The third kappa shape index (κ3) is 4.18. The highest BCUT2D eigenvalue weighted by atomic mass is 16.5. The molecule has 0 aromatic rings. The van der Waals surface area contributed by atoms with Crippen LogP contribution in [0.15, 0.2) is 0 Å². The number of ether oxygens (including phenoxy) is 1. The molecule has 2 rings (SSSR count). The van der Waals surface area contributed by atoms with E-state index in [2.05, 4.69) is 5.43 Å². The Hall–Kier alpha value is -1.14. The molecular formula is C14H25N3O3. The van der Waals surface area contributed by atoms with Gasteiger partial charge in [-0.1, -0.05) is 19.3 Å². The van der Waals surface area contributed by atoms with Crippen molar-refractivity contribution in [2.75, 3.05) is 26.3 Å². The second kappa shape index (κ2) is 7.59. The van der Waals surface area contributed by atoms with Crippen LogP contribution in [-0.2, 0) is 14.3 Å². The summed E-state index contributed by atoms with van der Waals surface area (Å²) in [4.78, 5) is 25.1. The fraction of sp³-hybridized carbons (Fsp3) is 0.857. The molecular weight excluding hydrogens is 258 g/mol. The van der Waals surface area contributed by atoms with Gasteiger partial charge in [-0.25, -0.2) is 5.84 Å². The number of hydrogen-bond donors (Lipinski definition) is 2. The van der Waals surface area contributed by atoms with Gasteiger partial charge < -0.3 is 9.64 Å². The summed E-state index contributed by atoms with van der Waals surface area (Å²) in [6.45, 7) is 2.08. The molecule has 0 radical (unpaired) electrons. The van der Waals surface area contributed by atoms with Crippen molar-refractivity contribution in [3.05, 3.63) is 0 Å². The van der Waals surface area contributed by atoms with Crippen molar-refractivity contribution in [1.29, 1.82) is 0 Å². The summed E-state index contributed by atoms with van der Waals surface area (Å²) in [6, 6.07) is 0. The minimum atomic E-state index is -0.131. The lowest BCUT2D eigenvalue weighted by atomic mass is 9.83. The second-order valence-electron chi connectivity index (χ2n) is 5.80. The van der Waals surface area contributed by atoms with Gasteiger partial charge in [-0.3, -0.25) is 15.0 Å². The van der Waals surface area contributed by atoms with Gasteiger partial charge in [-0.15, -0.1) is 0 Å². The topological polar surface area (TPSA) is 84.7 Å². The molecule has 114 valence electrons. The highest BCUT2D eigenvalue weighted by Crippen LogP contribution is 2.29. The van der Waals surface area contributed by atoms with Gasteiger partial charge >= 0.3 is 0 Å². The van der Waals surface area contributed by atoms with Crippen LogP contribution in [0.1, 0.15) is 38.5 Å². The zero-order valence-electron chi connectivity index (χ0n) is 12.0. The Morgan fingerprint density at radius 1 is 1.20 bits per heavy atom. The average Bonchev–Trinajstić information content (AvgIpc) is 2.44. The fourth-order valence-electron chi connectivity index (χ4n) is 2.79. The molecule has 2 aliphatic rings. The number of carbonyl (C=O) groups is 2. The van der Waals surface area contributed by atoms with Gasteiger partial charge in [-0.2, -0.15) is 0 Å². The van der Waals surface area contributed by atoms with Gasteiger partial charge in [0, 0.05) is 25.6 Å². The fourth-order valence-corrected chi connectivity index (χ4v) is 2.79. The number of amides is 2. The van der Waals surface area contributed by atoms with Crippen molar-refractivity contribution < 1.29 is 14.3 Å². The largest absolute Gasteiger partial charge is 0.372 e. The molecule has 3 N–H and O–H groups in total. The Morgan fingerprint density at radius 3 is 2.45 bits per heavy atom. The van der Waals surface area contributed by atoms with E-state index in [-0.39, 0.29) is 24.3 Å². The smallest absolute Gasteiger partial charge is 0.248 e. The molecule has 6 nitrogen and oxygen atoms in total. The lowest BCUT2D eigenvalue weighted by Gasteiger charge is -2.31. The molecule has 0 atom stereocenters. The van der Waals surface area contributed by atoms with Gasteiger partial charge in [0.1, 0.15) is 6.61 Å². The molecule has 0 unspecified atom stereocenters. The van der Waals surface area contributed by atoms with E-state index in [0.717, 1.165) is 12.3 Å². The normalized spacial score (nSPS) is 20.6. The van der Waals surface area contributed by atoms with Crippen molar-refractivity contribution in [1.82, 2.24) is 10.3 Å². The van der Waals surface area contributed by atoms with Crippen LogP contribution in [0.2, 0.25) is 0 Å². The van der Waals surface area contributed by atoms with Crippen molar-refractivity contribution >= 4 is 11.8 Å². The van der Waals surface area contributed by atoms with Crippen molar-refractivity contribution in [3.8, 4) is 0 Å². The monoisotopic (exact) mass is 283 g/mol. The third-order valence-electron chi connectivity index (χ3n) is 4.48.